The van der Waals surface area contributed by atoms with Gasteiger partial charge >= 0.3 is 11.9 Å². The third-order valence-electron chi connectivity index (χ3n) is 6.24. The molecule has 0 aliphatic heterocycles. The predicted octanol–water partition coefficient (Wildman–Crippen LogP) is 6.58. The minimum atomic E-state index is -0.513. The molecular formula is C32H26O6. The number of benzene rings is 5. The average molecular weight is 507 g/mol. The highest BCUT2D eigenvalue weighted by Gasteiger charge is 2.20. The van der Waals surface area contributed by atoms with Crippen LogP contribution in [0.25, 0.3) is 21.5 Å². The Morgan fingerprint density at radius 1 is 0.553 bits per heavy atom. The van der Waals surface area contributed by atoms with Crippen LogP contribution in [0.2, 0.25) is 0 Å². The number of ether oxygens (including phenoxy) is 4. The number of hydrogen-bond acceptors (Lipinski definition) is 6. The van der Waals surface area contributed by atoms with Gasteiger partial charge in [-0.1, -0.05) is 72.8 Å². The van der Waals surface area contributed by atoms with E-state index in [9.17, 15) is 9.59 Å². The topological polar surface area (TPSA) is 71.1 Å². The van der Waals surface area contributed by atoms with Gasteiger partial charge in [-0.05, 0) is 49.2 Å². The molecule has 0 atom stereocenters. The molecule has 0 spiro atoms. The van der Waals surface area contributed by atoms with E-state index in [1.165, 1.54) is 0 Å². The molecule has 5 aromatic carbocycles. The van der Waals surface area contributed by atoms with E-state index in [1.54, 1.807) is 48.5 Å². The van der Waals surface area contributed by atoms with Crippen LogP contribution in [0.5, 0.6) is 23.0 Å². The van der Waals surface area contributed by atoms with Crippen LogP contribution in [0.15, 0.2) is 97.1 Å². The first-order valence-electron chi connectivity index (χ1n) is 12.2. The maximum absolute atomic E-state index is 12.6. The summed E-state index contributed by atoms with van der Waals surface area (Å²) in [5.41, 5.74) is 2.04. The van der Waals surface area contributed by atoms with E-state index in [2.05, 4.69) is 0 Å². The van der Waals surface area contributed by atoms with E-state index in [-0.39, 0.29) is 13.2 Å². The number of rotatable bonds is 8. The predicted molar refractivity (Wildman–Crippen MR) is 146 cm³/mol. The molecule has 190 valence electrons. The number of fused-ring (bicyclic) bond motifs is 2. The lowest BCUT2D eigenvalue weighted by atomic mass is 9.95. The lowest BCUT2D eigenvalue weighted by Gasteiger charge is -2.19. The first-order valence-corrected chi connectivity index (χ1v) is 12.2. The molecule has 0 aliphatic carbocycles. The number of para-hydroxylation sites is 2. The molecule has 38 heavy (non-hydrogen) atoms. The van der Waals surface area contributed by atoms with Gasteiger partial charge in [-0.3, -0.25) is 0 Å². The quantitative estimate of drug-likeness (QED) is 0.135. The monoisotopic (exact) mass is 506 g/mol. The molecule has 0 saturated carbocycles. The second-order valence-corrected chi connectivity index (χ2v) is 8.79. The Balaban J connectivity index is 1.49. The first kappa shape index (κ1) is 24.8. The fourth-order valence-corrected chi connectivity index (χ4v) is 4.32. The van der Waals surface area contributed by atoms with Crippen LogP contribution in [0.1, 0.15) is 11.1 Å². The number of aryl methyl sites for hydroxylation is 2. The van der Waals surface area contributed by atoms with Crippen molar-refractivity contribution in [1.29, 1.82) is 0 Å². The van der Waals surface area contributed by atoms with Gasteiger partial charge in [-0.2, -0.15) is 0 Å². The van der Waals surface area contributed by atoms with Gasteiger partial charge in [-0.15, -0.1) is 0 Å². The molecule has 0 amide bonds. The summed E-state index contributed by atoms with van der Waals surface area (Å²) in [4.78, 5) is 25.1. The zero-order chi connectivity index (χ0) is 26.5. The zero-order valence-corrected chi connectivity index (χ0v) is 21.1. The largest absolute Gasteiger partial charge is 0.481 e. The highest BCUT2D eigenvalue weighted by Crippen LogP contribution is 2.44. The van der Waals surface area contributed by atoms with Crippen molar-refractivity contribution < 1.29 is 28.5 Å². The van der Waals surface area contributed by atoms with E-state index in [4.69, 9.17) is 18.9 Å². The fraction of sp³-hybridized carbons (Fsp3) is 0.125. The van der Waals surface area contributed by atoms with Crippen molar-refractivity contribution >= 4 is 33.5 Å². The number of carbonyl (C=O) groups is 2. The molecule has 0 bridgehead atoms. The minimum absolute atomic E-state index is 0.273. The van der Waals surface area contributed by atoms with Gasteiger partial charge in [-0.25, -0.2) is 9.59 Å². The Labute approximate surface area is 220 Å². The summed E-state index contributed by atoms with van der Waals surface area (Å²) in [6.07, 6.45) is 0. The molecule has 0 fully saturated rings. The van der Waals surface area contributed by atoms with Crippen LogP contribution in [-0.4, -0.2) is 25.2 Å². The van der Waals surface area contributed by atoms with Crippen LogP contribution in [0.4, 0.5) is 0 Å². The molecule has 0 aromatic heterocycles. The molecular weight excluding hydrogens is 480 g/mol. The minimum Gasteiger partial charge on any atom is -0.481 e. The average Bonchev–Trinajstić information content (AvgIpc) is 2.93. The summed E-state index contributed by atoms with van der Waals surface area (Å²) in [6.45, 7) is 3.46. The first-order chi connectivity index (χ1) is 18.5. The van der Waals surface area contributed by atoms with Gasteiger partial charge in [0.25, 0.3) is 0 Å². The number of carbonyl (C=O) groups excluding carboxylic acids is 2. The molecule has 6 nitrogen and oxygen atoms in total. The fourth-order valence-electron chi connectivity index (χ4n) is 4.32. The smallest absolute Gasteiger partial charge is 0.349 e. The lowest BCUT2D eigenvalue weighted by molar-refractivity contribution is -0.137. The van der Waals surface area contributed by atoms with Crippen LogP contribution in [-0.2, 0) is 9.59 Å². The molecule has 5 aromatic rings. The van der Waals surface area contributed by atoms with E-state index < -0.39 is 11.9 Å². The Hall–Kier alpha value is -4.84. The van der Waals surface area contributed by atoms with Crippen molar-refractivity contribution in [2.75, 3.05) is 13.2 Å². The maximum Gasteiger partial charge on any atom is 0.349 e. The summed E-state index contributed by atoms with van der Waals surface area (Å²) in [7, 11) is 0. The van der Waals surface area contributed by atoms with E-state index in [0.29, 0.717) is 23.0 Å². The van der Waals surface area contributed by atoms with E-state index >= 15 is 0 Å². The Bertz CT molecular complexity index is 1610. The summed E-state index contributed by atoms with van der Waals surface area (Å²) in [5.74, 6) is 0.982. The Kier molecular flexibility index (Phi) is 7.22. The van der Waals surface area contributed by atoms with Crippen molar-refractivity contribution in [3.63, 3.8) is 0 Å². The molecule has 0 saturated heterocycles. The molecule has 0 unspecified atom stereocenters. The summed E-state index contributed by atoms with van der Waals surface area (Å²) in [6, 6.07) is 29.3. The maximum atomic E-state index is 12.6. The van der Waals surface area contributed by atoms with Crippen molar-refractivity contribution in [3.05, 3.63) is 108 Å². The number of esters is 2. The molecule has 0 aliphatic rings. The SMILES string of the molecule is Cc1ccc2c(OCC(=O)Oc3ccccc3)c3ccccc3c(OCC(=O)Oc3ccccc3)c2c1C. The zero-order valence-electron chi connectivity index (χ0n) is 21.1. The Morgan fingerprint density at radius 2 is 1.03 bits per heavy atom. The second kappa shape index (κ2) is 11.0. The Morgan fingerprint density at radius 3 is 1.58 bits per heavy atom. The molecule has 6 heteroatoms. The third-order valence-corrected chi connectivity index (χ3v) is 6.24. The summed E-state index contributed by atoms with van der Waals surface area (Å²) < 4.78 is 23.1. The molecule has 0 radical (unpaired) electrons. The third kappa shape index (κ3) is 5.30. The standard InChI is InChI=1S/C32H26O6/c1-21-17-18-27-30(22(21)2)32(36-20-29(34)38-24-13-7-4-8-14-24)26-16-10-9-15-25(26)31(27)35-19-28(33)37-23-11-5-3-6-12-23/h3-18H,19-20H2,1-2H3. The van der Waals surface area contributed by atoms with E-state index in [0.717, 1.165) is 32.7 Å². The van der Waals surface area contributed by atoms with Gasteiger partial charge in [0.15, 0.2) is 13.2 Å². The summed E-state index contributed by atoms with van der Waals surface area (Å²) >= 11 is 0. The van der Waals surface area contributed by atoms with E-state index in [1.807, 2.05) is 62.4 Å². The van der Waals surface area contributed by atoms with Gasteiger partial charge in [0, 0.05) is 21.5 Å². The highest BCUT2D eigenvalue weighted by molar-refractivity contribution is 6.12. The van der Waals surface area contributed by atoms with Gasteiger partial charge < -0.3 is 18.9 Å². The molecule has 0 N–H and O–H groups in total. The van der Waals surface area contributed by atoms with Crippen molar-refractivity contribution in [1.82, 2.24) is 0 Å². The molecule has 0 heterocycles. The van der Waals surface area contributed by atoms with Crippen LogP contribution in [0, 0.1) is 13.8 Å². The molecule has 5 rings (SSSR count). The van der Waals surface area contributed by atoms with Crippen LogP contribution < -0.4 is 18.9 Å². The van der Waals surface area contributed by atoms with Gasteiger partial charge in [0.2, 0.25) is 0 Å². The van der Waals surface area contributed by atoms with Crippen molar-refractivity contribution in [2.24, 2.45) is 0 Å². The lowest BCUT2D eigenvalue weighted by Crippen LogP contribution is -2.19. The number of hydrogen-bond donors (Lipinski definition) is 0. The van der Waals surface area contributed by atoms with Crippen LogP contribution >= 0.6 is 0 Å². The summed E-state index contributed by atoms with van der Waals surface area (Å²) in [5, 5.41) is 3.09. The van der Waals surface area contributed by atoms with Crippen LogP contribution in [0.3, 0.4) is 0 Å². The van der Waals surface area contributed by atoms with Crippen molar-refractivity contribution in [3.8, 4) is 23.0 Å². The van der Waals surface area contributed by atoms with Crippen molar-refractivity contribution in [2.45, 2.75) is 13.8 Å². The second-order valence-electron chi connectivity index (χ2n) is 8.79. The van der Waals surface area contributed by atoms with Gasteiger partial charge in [0.05, 0.1) is 0 Å². The van der Waals surface area contributed by atoms with Gasteiger partial charge in [0.1, 0.15) is 23.0 Å². The highest BCUT2D eigenvalue weighted by atomic mass is 16.6. The normalized spacial score (nSPS) is 10.8.